The third-order valence-electron chi connectivity index (χ3n) is 3.88. The summed E-state index contributed by atoms with van der Waals surface area (Å²) in [6, 6.07) is 12.2. The van der Waals surface area contributed by atoms with E-state index >= 15 is 0 Å². The fourth-order valence-corrected chi connectivity index (χ4v) is 2.56. The molecule has 0 heterocycles. The van der Waals surface area contributed by atoms with E-state index in [0.29, 0.717) is 11.1 Å². The summed E-state index contributed by atoms with van der Waals surface area (Å²) in [4.78, 5) is 23.1. The first-order valence-electron chi connectivity index (χ1n) is 7.98. The monoisotopic (exact) mass is 365 g/mol. The Balaban J connectivity index is 2.01. The molecule has 0 spiro atoms. The van der Waals surface area contributed by atoms with Crippen molar-refractivity contribution < 1.29 is 27.9 Å². The summed E-state index contributed by atoms with van der Waals surface area (Å²) in [5.74, 6) is -1.92. The molecule has 0 aliphatic rings. The molecule has 0 radical (unpaired) electrons. The Hall–Kier alpha value is -2.83. The van der Waals surface area contributed by atoms with E-state index in [1.54, 1.807) is 48.5 Å². The van der Waals surface area contributed by atoms with E-state index in [2.05, 4.69) is 0 Å². The highest BCUT2D eigenvalue weighted by Crippen LogP contribution is 2.23. The molecule has 7 heteroatoms. The lowest BCUT2D eigenvalue weighted by molar-refractivity contribution is -0.161. The maximum absolute atomic E-state index is 13.2. The highest BCUT2D eigenvalue weighted by Gasteiger charge is 2.40. The maximum Gasteiger partial charge on any atom is 0.408 e. The van der Waals surface area contributed by atoms with Crippen LogP contribution in [0.25, 0.3) is 0 Å². The van der Waals surface area contributed by atoms with Gasteiger partial charge in [-0.25, -0.2) is 4.79 Å². The van der Waals surface area contributed by atoms with E-state index in [1.807, 2.05) is 5.32 Å². The summed E-state index contributed by atoms with van der Waals surface area (Å²) in [5.41, 5.74) is 0.907. The predicted octanol–water partition coefficient (Wildman–Crippen LogP) is 3.61. The Morgan fingerprint density at radius 3 is 2.23 bits per heavy atom. The Labute approximate surface area is 148 Å². The number of aromatic carboxylic acids is 1. The molecule has 138 valence electrons. The second-order valence-corrected chi connectivity index (χ2v) is 5.81. The number of amides is 1. The number of nitrogens with one attached hydrogen (secondary N) is 1. The van der Waals surface area contributed by atoms with Gasteiger partial charge in [-0.3, -0.25) is 4.79 Å². The first-order valence-corrected chi connectivity index (χ1v) is 7.98. The number of alkyl halides is 3. The van der Waals surface area contributed by atoms with Gasteiger partial charge in [0.25, 0.3) is 0 Å². The third-order valence-corrected chi connectivity index (χ3v) is 3.88. The zero-order chi connectivity index (χ0) is 19.2. The molecule has 1 unspecified atom stereocenters. The van der Waals surface area contributed by atoms with Crippen molar-refractivity contribution in [3.05, 3.63) is 71.3 Å². The minimum atomic E-state index is -4.58. The minimum absolute atomic E-state index is 0.0388. The van der Waals surface area contributed by atoms with Gasteiger partial charge in [0.05, 0.1) is 5.56 Å². The summed E-state index contributed by atoms with van der Waals surface area (Å²) in [7, 11) is 0. The number of carboxylic acids is 1. The van der Waals surface area contributed by atoms with Crippen LogP contribution in [-0.4, -0.2) is 29.2 Å². The van der Waals surface area contributed by atoms with Crippen molar-refractivity contribution in [2.24, 2.45) is 0 Å². The minimum Gasteiger partial charge on any atom is -0.478 e. The second kappa shape index (κ2) is 8.51. The smallest absolute Gasteiger partial charge is 0.408 e. The molecular weight excluding hydrogens is 347 g/mol. The number of rotatable bonds is 7. The van der Waals surface area contributed by atoms with Gasteiger partial charge < -0.3 is 10.4 Å². The highest BCUT2D eigenvalue weighted by atomic mass is 19.4. The Morgan fingerprint density at radius 2 is 1.62 bits per heavy atom. The fourth-order valence-electron chi connectivity index (χ4n) is 2.56. The molecule has 0 aromatic heterocycles. The van der Waals surface area contributed by atoms with E-state index in [9.17, 15) is 22.8 Å². The van der Waals surface area contributed by atoms with E-state index in [1.165, 1.54) is 6.07 Å². The molecule has 0 bridgehead atoms. The average molecular weight is 365 g/mol. The third kappa shape index (κ3) is 5.61. The van der Waals surface area contributed by atoms with E-state index < -0.39 is 24.1 Å². The largest absolute Gasteiger partial charge is 0.478 e. The quantitative estimate of drug-likeness (QED) is 0.788. The maximum atomic E-state index is 13.2. The zero-order valence-corrected chi connectivity index (χ0v) is 13.8. The molecule has 1 amide bonds. The van der Waals surface area contributed by atoms with E-state index in [0.717, 1.165) is 0 Å². The van der Waals surface area contributed by atoms with Crippen molar-refractivity contribution in [2.75, 3.05) is 0 Å². The number of hydrogen-bond donors (Lipinski definition) is 2. The van der Waals surface area contributed by atoms with Crippen LogP contribution in [0.4, 0.5) is 13.2 Å². The number of carboxylic acid groups (broad SMARTS) is 1. The zero-order valence-electron chi connectivity index (χ0n) is 13.8. The lowest BCUT2D eigenvalue weighted by Gasteiger charge is -2.22. The van der Waals surface area contributed by atoms with Gasteiger partial charge in [0.2, 0.25) is 5.91 Å². The lowest BCUT2D eigenvalue weighted by Crippen LogP contribution is -2.46. The molecule has 2 N–H and O–H groups in total. The van der Waals surface area contributed by atoms with Crippen LogP contribution in [0.5, 0.6) is 0 Å². The SMILES string of the molecule is O=C(CCc1ccccc1C(=O)O)NC(Cc1ccccc1)C(F)(F)F. The van der Waals surface area contributed by atoms with Crippen molar-refractivity contribution in [1.29, 1.82) is 0 Å². The van der Waals surface area contributed by atoms with Crippen molar-refractivity contribution >= 4 is 11.9 Å². The highest BCUT2D eigenvalue weighted by molar-refractivity contribution is 5.89. The summed E-state index contributed by atoms with van der Waals surface area (Å²) in [6.45, 7) is 0. The molecule has 0 saturated heterocycles. The Kier molecular flexibility index (Phi) is 6.38. The average Bonchev–Trinajstić information content (AvgIpc) is 2.59. The molecule has 4 nitrogen and oxygen atoms in total. The number of carbonyl (C=O) groups excluding carboxylic acids is 1. The van der Waals surface area contributed by atoms with Crippen LogP contribution in [-0.2, 0) is 17.6 Å². The normalized spacial score (nSPS) is 12.4. The lowest BCUT2D eigenvalue weighted by atomic mass is 10.0. The van der Waals surface area contributed by atoms with Crippen LogP contribution >= 0.6 is 0 Å². The standard InChI is InChI=1S/C19H18F3NO3/c20-19(21,22)16(12-13-6-2-1-3-7-13)23-17(24)11-10-14-8-4-5-9-15(14)18(25)26/h1-9,16H,10-12H2,(H,23,24)(H,25,26). The molecule has 0 aliphatic carbocycles. The van der Waals surface area contributed by atoms with Crippen LogP contribution in [0.3, 0.4) is 0 Å². The van der Waals surface area contributed by atoms with Gasteiger partial charge in [0.1, 0.15) is 6.04 Å². The predicted molar refractivity (Wildman–Crippen MR) is 89.9 cm³/mol. The van der Waals surface area contributed by atoms with E-state index in [-0.39, 0.29) is 24.8 Å². The van der Waals surface area contributed by atoms with Gasteiger partial charge in [0, 0.05) is 12.8 Å². The first kappa shape index (κ1) is 19.5. The van der Waals surface area contributed by atoms with Gasteiger partial charge in [0.15, 0.2) is 0 Å². The van der Waals surface area contributed by atoms with Crippen molar-refractivity contribution in [3.63, 3.8) is 0 Å². The number of aryl methyl sites for hydroxylation is 1. The molecule has 0 saturated carbocycles. The molecular formula is C19H18F3NO3. The van der Waals surface area contributed by atoms with E-state index in [4.69, 9.17) is 5.11 Å². The number of benzene rings is 2. The van der Waals surface area contributed by atoms with Crippen molar-refractivity contribution in [1.82, 2.24) is 5.32 Å². The van der Waals surface area contributed by atoms with Gasteiger partial charge in [-0.1, -0.05) is 48.5 Å². The molecule has 26 heavy (non-hydrogen) atoms. The van der Waals surface area contributed by atoms with Gasteiger partial charge in [-0.05, 0) is 23.6 Å². The first-order chi connectivity index (χ1) is 12.3. The Bertz CT molecular complexity index is 760. The molecule has 1 atom stereocenters. The molecule has 0 aliphatic heterocycles. The summed E-state index contributed by atoms with van der Waals surface area (Å²) in [6.07, 6.45) is -5.12. The molecule has 2 rings (SSSR count). The molecule has 2 aromatic rings. The van der Waals surface area contributed by atoms with Gasteiger partial charge in [-0.2, -0.15) is 13.2 Å². The summed E-state index contributed by atoms with van der Waals surface area (Å²) < 4.78 is 39.6. The van der Waals surface area contributed by atoms with Crippen LogP contribution in [0, 0.1) is 0 Å². The van der Waals surface area contributed by atoms with Crippen molar-refractivity contribution in [2.45, 2.75) is 31.5 Å². The van der Waals surface area contributed by atoms with Crippen LogP contribution < -0.4 is 5.32 Å². The van der Waals surface area contributed by atoms with Crippen LogP contribution in [0.2, 0.25) is 0 Å². The summed E-state index contributed by atoms with van der Waals surface area (Å²) >= 11 is 0. The van der Waals surface area contributed by atoms with Gasteiger partial charge >= 0.3 is 12.1 Å². The van der Waals surface area contributed by atoms with Crippen LogP contribution in [0.15, 0.2) is 54.6 Å². The summed E-state index contributed by atoms with van der Waals surface area (Å²) in [5, 5.41) is 11.1. The second-order valence-electron chi connectivity index (χ2n) is 5.81. The van der Waals surface area contributed by atoms with Crippen LogP contribution in [0.1, 0.15) is 27.9 Å². The molecule has 0 fully saturated rings. The number of carbonyl (C=O) groups is 2. The van der Waals surface area contributed by atoms with Gasteiger partial charge in [-0.15, -0.1) is 0 Å². The fraction of sp³-hybridized carbons (Fsp3) is 0.263. The van der Waals surface area contributed by atoms with Crippen molar-refractivity contribution in [3.8, 4) is 0 Å². The Morgan fingerprint density at radius 1 is 1.00 bits per heavy atom. The molecule has 2 aromatic carbocycles. The topological polar surface area (TPSA) is 66.4 Å². The number of halogens is 3. The number of hydrogen-bond acceptors (Lipinski definition) is 2.